The van der Waals surface area contributed by atoms with Gasteiger partial charge in [-0.05, 0) is 56.2 Å². The number of nitrogens with zero attached hydrogens (tertiary/aromatic N) is 4. The molecular weight excluding hydrogens is 472 g/mol. The first-order valence-electron chi connectivity index (χ1n) is 11.6. The maximum absolute atomic E-state index is 13.3. The second-order valence-corrected chi connectivity index (χ2v) is 13.6. The lowest BCUT2D eigenvalue weighted by molar-refractivity contribution is 0.258. The van der Waals surface area contributed by atoms with Crippen LogP contribution in [-0.4, -0.2) is 55.4 Å². The van der Waals surface area contributed by atoms with E-state index in [4.69, 9.17) is 0 Å². The van der Waals surface area contributed by atoms with Gasteiger partial charge in [0.15, 0.2) is 5.65 Å². The molecule has 0 saturated heterocycles. The van der Waals surface area contributed by atoms with Crippen LogP contribution in [0.1, 0.15) is 38.7 Å². The monoisotopic (exact) mass is 504 g/mol. The minimum atomic E-state index is -3.79. The lowest BCUT2D eigenvalue weighted by Crippen LogP contribution is -2.42. The summed E-state index contributed by atoms with van der Waals surface area (Å²) in [5, 5.41) is 0.670. The Morgan fingerprint density at radius 2 is 1.76 bits per heavy atom. The fraction of sp³-hybridized carbons (Fsp3) is 0.500. The fourth-order valence-electron chi connectivity index (χ4n) is 5.07. The molecule has 2 heterocycles. The van der Waals surface area contributed by atoms with Crippen LogP contribution < -0.4 is 4.90 Å². The van der Waals surface area contributed by atoms with E-state index in [1.807, 2.05) is 14.0 Å². The number of aromatic nitrogens is 3. The van der Waals surface area contributed by atoms with Gasteiger partial charge in [-0.1, -0.05) is 31.5 Å². The molecule has 0 aliphatic heterocycles. The lowest BCUT2D eigenvalue weighted by atomic mass is 9.79. The summed E-state index contributed by atoms with van der Waals surface area (Å²) in [5.41, 5.74) is 1.33. The van der Waals surface area contributed by atoms with Crippen molar-refractivity contribution in [2.45, 2.75) is 51.0 Å². The van der Waals surface area contributed by atoms with Crippen LogP contribution in [0, 0.1) is 18.8 Å². The minimum absolute atomic E-state index is 0.177. The van der Waals surface area contributed by atoms with E-state index >= 15 is 0 Å². The molecule has 1 aliphatic rings. The molecule has 3 aromatic rings. The first kappa shape index (κ1) is 24.7. The van der Waals surface area contributed by atoms with Crippen molar-refractivity contribution >= 4 is 36.7 Å². The molecule has 0 N–H and O–H groups in total. The topological polar surface area (TPSA) is 102 Å². The number of fused-ring (bicyclic) bond motifs is 1. The highest BCUT2D eigenvalue weighted by Crippen LogP contribution is 2.36. The summed E-state index contributed by atoms with van der Waals surface area (Å²) in [6.45, 7) is 5.76. The molecule has 4 rings (SSSR count). The minimum Gasteiger partial charge on any atom is -0.356 e. The van der Waals surface area contributed by atoms with Crippen molar-refractivity contribution in [3.8, 4) is 0 Å². The van der Waals surface area contributed by atoms with Crippen LogP contribution in [-0.2, 0) is 19.9 Å². The Balaban J connectivity index is 1.61. The van der Waals surface area contributed by atoms with Crippen molar-refractivity contribution in [1.29, 1.82) is 0 Å². The van der Waals surface area contributed by atoms with Crippen LogP contribution in [0.2, 0.25) is 0 Å². The normalized spacial score (nSPS) is 21.6. The molecule has 1 saturated carbocycles. The van der Waals surface area contributed by atoms with Gasteiger partial charge in [0, 0.05) is 25.0 Å². The summed E-state index contributed by atoms with van der Waals surface area (Å²) >= 11 is 0. The van der Waals surface area contributed by atoms with Gasteiger partial charge in [0.2, 0.25) is 0 Å². The average molecular weight is 505 g/mol. The van der Waals surface area contributed by atoms with E-state index in [-0.39, 0.29) is 34.3 Å². The van der Waals surface area contributed by atoms with Crippen molar-refractivity contribution in [3.05, 3.63) is 48.4 Å². The van der Waals surface area contributed by atoms with E-state index < -0.39 is 19.9 Å². The molecule has 8 nitrogen and oxygen atoms in total. The Morgan fingerprint density at radius 3 is 2.41 bits per heavy atom. The van der Waals surface area contributed by atoms with E-state index in [2.05, 4.69) is 21.8 Å². The lowest BCUT2D eigenvalue weighted by Gasteiger charge is -2.40. The maximum Gasteiger partial charge on any atom is 0.269 e. The Bertz CT molecular complexity index is 1380. The van der Waals surface area contributed by atoms with Gasteiger partial charge in [-0.2, -0.15) is 0 Å². The first-order valence-corrected chi connectivity index (χ1v) is 14.9. The number of benzene rings is 1. The first-order chi connectivity index (χ1) is 16.0. The smallest absolute Gasteiger partial charge is 0.269 e. The summed E-state index contributed by atoms with van der Waals surface area (Å²) in [6, 6.07) is 8.67. The second-order valence-electron chi connectivity index (χ2n) is 9.40. The molecule has 1 aliphatic carbocycles. The van der Waals surface area contributed by atoms with Crippen molar-refractivity contribution in [2.75, 3.05) is 23.5 Å². The quantitative estimate of drug-likeness (QED) is 0.484. The van der Waals surface area contributed by atoms with Crippen LogP contribution in [0.3, 0.4) is 0 Å². The molecule has 2 aromatic heterocycles. The molecule has 1 aromatic carbocycles. The SMILES string of the molecule is CCS(=O)(=O)C[C@@H]1CCC(N(C)c2ncnc3c2ccn3S(=O)(=O)c2ccc(C)cc2)[C@@H](C)C1. The Morgan fingerprint density at radius 1 is 1.06 bits per heavy atom. The second kappa shape index (κ2) is 9.30. The maximum atomic E-state index is 13.3. The number of rotatable bonds is 7. The standard InChI is InChI=1S/C24H32N4O4S2/c1-5-33(29,30)15-19-8-11-22(18(3)14-19)27(4)23-21-12-13-28(24(21)26-16-25-23)34(31,32)20-9-6-17(2)7-10-20/h6-7,9-10,12-13,16,18-19,22H,5,8,11,14-15H2,1-4H3/t18-,19+,22?/m0/s1. The van der Waals surface area contributed by atoms with E-state index in [1.54, 1.807) is 37.3 Å². The number of aryl methyl sites for hydroxylation is 1. The van der Waals surface area contributed by atoms with Gasteiger partial charge in [-0.15, -0.1) is 0 Å². The zero-order valence-corrected chi connectivity index (χ0v) is 21.7. The predicted octanol–water partition coefficient (Wildman–Crippen LogP) is 3.65. The van der Waals surface area contributed by atoms with Gasteiger partial charge in [-0.3, -0.25) is 0 Å². The van der Waals surface area contributed by atoms with Crippen molar-refractivity contribution < 1.29 is 16.8 Å². The Labute approximate surface area is 202 Å². The number of sulfone groups is 1. The zero-order chi connectivity index (χ0) is 24.7. The highest BCUT2D eigenvalue weighted by Gasteiger charge is 2.33. The molecule has 10 heteroatoms. The van der Waals surface area contributed by atoms with Gasteiger partial charge < -0.3 is 4.90 Å². The van der Waals surface area contributed by atoms with Crippen LogP contribution in [0.25, 0.3) is 11.0 Å². The largest absolute Gasteiger partial charge is 0.356 e. The number of hydrogen-bond acceptors (Lipinski definition) is 7. The molecular formula is C24H32N4O4S2. The molecule has 0 spiro atoms. The Kier molecular flexibility index (Phi) is 6.74. The molecule has 34 heavy (non-hydrogen) atoms. The summed E-state index contributed by atoms with van der Waals surface area (Å²) in [4.78, 5) is 11.1. The van der Waals surface area contributed by atoms with Gasteiger partial charge >= 0.3 is 0 Å². The predicted molar refractivity (Wildman–Crippen MR) is 134 cm³/mol. The Hall–Kier alpha value is -2.46. The summed E-state index contributed by atoms with van der Waals surface area (Å²) in [7, 11) is -4.81. The van der Waals surface area contributed by atoms with Crippen LogP contribution in [0.15, 0.2) is 47.8 Å². The van der Waals surface area contributed by atoms with E-state index in [1.165, 1.54) is 16.5 Å². The highest BCUT2D eigenvalue weighted by atomic mass is 32.2. The molecule has 184 valence electrons. The number of anilines is 1. The van der Waals surface area contributed by atoms with Crippen molar-refractivity contribution in [1.82, 2.24) is 13.9 Å². The molecule has 3 atom stereocenters. The van der Waals surface area contributed by atoms with Gasteiger partial charge in [-0.25, -0.2) is 30.8 Å². The van der Waals surface area contributed by atoms with Crippen LogP contribution in [0.4, 0.5) is 5.82 Å². The van der Waals surface area contributed by atoms with Gasteiger partial charge in [0.05, 0.1) is 16.0 Å². The summed E-state index contributed by atoms with van der Waals surface area (Å²) in [5.74, 6) is 1.57. The van der Waals surface area contributed by atoms with Gasteiger partial charge in [0.1, 0.15) is 22.0 Å². The molecule has 1 unspecified atom stereocenters. The van der Waals surface area contributed by atoms with E-state index in [9.17, 15) is 16.8 Å². The third kappa shape index (κ3) is 4.70. The van der Waals surface area contributed by atoms with Gasteiger partial charge in [0.25, 0.3) is 10.0 Å². The summed E-state index contributed by atoms with van der Waals surface area (Å²) < 4.78 is 51.9. The molecule has 0 bridgehead atoms. The van der Waals surface area contributed by atoms with Crippen molar-refractivity contribution in [2.24, 2.45) is 11.8 Å². The van der Waals surface area contributed by atoms with Crippen LogP contribution in [0.5, 0.6) is 0 Å². The third-order valence-corrected chi connectivity index (χ3v) is 10.5. The highest BCUT2D eigenvalue weighted by molar-refractivity contribution is 7.91. The van der Waals surface area contributed by atoms with Crippen molar-refractivity contribution in [3.63, 3.8) is 0 Å². The molecule has 1 fully saturated rings. The number of hydrogen-bond donors (Lipinski definition) is 0. The third-order valence-electron chi connectivity index (χ3n) is 7.00. The average Bonchev–Trinajstić information content (AvgIpc) is 3.24. The zero-order valence-electron chi connectivity index (χ0n) is 20.0. The molecule has 0 amide bonds. The van der Waals surface area contributed by atoms with Crippen LogP contribution >= 0.6 is 0 Å². The molecule has 0 radical (unpaired) electrons. The fourth-order valence-corrected chi connectivity index (χ4v) is 7.62. The van der Waals surface area contributed by atoms with E-state index in [0.29, 0.717) is 16.9 Å². The van der Waals surface area contributed by atoms with E-state index in [0.717, 1.165) is 24.8 Å². The summed E-state index contributed by atoms with van der Waals surface area (Å²) in [6.07, 6.45) is 5.47.